The summed E-state index contributed by atoms with van der Waals surface area (Å²) in [6, 6.07) is 8.20. The van der Waals surface area contributed by atoms with E-state index in [9.17, 15) is 18.7 Å². The maximum atomic E-state index is 14.1. The highest BCUT2D eigenvalue weighted by Crippen LogP contribution is 2.34. The van der Waals surface area contributed by atoms with Crippen molar-refractivity contribution in [2.24, 2.45) is 0 Å². The molecule has 0 atom stereocenters. The minimum atomic E-state index is -0.714. The van der Waals surface area contributed by atoms with Crippen LogP contribution in [0.5, 0.6) is 5.75 Å². The van der Waals surface area contributed by atoms with E-state index in [1.54, 1.807) is 38.1 Å². The van der Waals surface area contributed by atoms with Crippen LogP contribution in [0, 0.1) is 25.5 Å². The Morgan fingerprint density at radius 1 is 1.19 bits per heavy atom. The quantitative estimate of drug-likeness (QED) is 0.688. The average Bonchev–Trinajstić information content (AvgIpc) is 3.08. The zero-order valence-electron chi connectivity index (χ0n) is 14.8. The normalized spacial score (nSPS) is 14.8. The Balaban J connectivity index is 1.79. The summed E-state index contributed by atoms with van der Waals surface area (Å²) in [6.45, 7) is 3.53. The highest BCUT2D eigenvalue weighted by Gasteiger charge is 2.27. The second kappa shape index (κ2) is 6.16. The van der Waals surface area contributed by atoms with E-state index in [0.717, 1.165) is 6.07 Å². The van der Waals surface area contributed by atoms with Crippen molar-refractivity contribution in [3.63, 3.8) is 0 Å². The van der Waals surface area contributed by atoms with Crippen molar-refractivity contribution in [1.82, 2.24) is 9.78 Å². The lowest BCUT2D eigenvalue weighted by Gasteiger charge is -2.06. The summed E-state index contributed by atoms with van der Waals surface area (Å²) in [7, 11) is 0. The Hall–Kier alpha value is -3.28. The lowest BCUT2D eigenvalue weighted by Crippen LogP contribution is -2.02. The molecular formula is C21H16F2N2O2. The molecule has 1 aliphatic carbocycles. The number of aryl methyl sites for hydroxylation is 1. The minimum Gasteiger partial charge on any atom is -0.508 e. The predicted molar refractivity (Wildman–Crippen MR) is 97.1 cm³/mol. The summed E-state index contributed by atoms with van der Waals surface area (Å²) in [5.41, 5.74) is 3.75. The lowest BCUT2D eigenvalue weighted by atomic mass is 10.1. The van der Waals surface area contributed by atoms with Crippen LogP contribution < -0.4 is 0 Å². The molecule has 1 N–H and O–H groups in total. The van der Waals surface area contributed by atoms with Gasteiger partial charge in [0.1, 0.15) is 17.3 Å². The topological polar surface area (TPSA) is 55.1 Å². The number of nitrogens with zero attached hydrogens (tertiary/aromatic N) is 2. The van der Waals surface area contributed by atoms with Gasteiger partial charge in [0.2, 0.25) is 0 Å². The van der Waals surface area contributed by atoms with Gasteiger partial charge in [-0.3, -0.25) is 4.79 Å². The largest absolute Gasteiger partial charge is 0.508 e. The molecule has 0 saturated heterocycles. The van der Waals surface area contributed by atoms with E-state index in [1.807, 2.05) is 0 Å². The van der Waals surface area contributed by atoms with Gasteiger partial charge in [0, 0.05) is 40.4 Å². The number of carbonyl (C=O) groups is 1. The Morgan fingerprint density at radius 2 is 1.96 bits per heavy atom. The molecule has 0 spiro atoms. The van der Waals surface area contributed by atoms with Crippen LogP contribution in [0.25, 0.3) is 11.8 Å². The first kappa shape index (κ1) is 17.1. The van der Waals surface area contributed by atoms with E-state index in [1.165, 1.54) is 16.8 Å². The van der Waals surface area contributed by atoms with Crippen LogP contribution in [0.15, 0.2) is 42.0 Å². The predicted octanol–water partition coefficient (Wildman–Crippen LogP) is 4.30. The van der Waals surface area contributed by atoms with Gasteiger partial charge in [-0.1, -0.05) is 12.1 Å². The number of Topliss-reactive ketones (excluding diaryl/α,β-unsaturated/α-hetero) is 1. The van der Waals surface area contributed by atoms with Crippen LogP contribution >= 0.6 is 0 Å². The number of aromatic nitrogens is 2. The first-order valence-corrected chi connectivity index (χ1v) is 8.44. The highest BCUT2D eigenvalue weighted by molar-refractivity contribution is 6.16. The summed E-state index contributed by atoms with van der Waals surface area (Å²) < 4.78 is 28.7. The summed E-state index contributed by atoms with van der Waals surface area (Å²) in [5.74, 6) is -1.41. The van der Waals surface area contributed by atoms with E-state index in [-0.39, 0.29) is 17.2 Å². The Labute approximate surface area is 154 Å². The fraction of sp³-hybridized carbons (Fsp3) is 0.143. The van der Waals surface area contributed by atoms with Crippen LogP contribution in [0.4, 0.5) is 8.78 Å². The molecule has 136 valence electrons. The molecule has 0 unspecified atom stereocenters. The zero-order valence-corrected chi connectivity index (χ0v) is 14.8. The van der Waals surface area contributed by atoms with Gasteiger partial charge >= 0.3 is 0 Å². The SMILES string of the molecule is Cc1nn(-c2ccc(F)cc2F)c(C)c1/C=C1\Cc2c(O)cccc2C1=O. The smallest absolute Gasteiger partial charge is 0.189 e. The van der Waals surface area contributed by atoms with Gasteiger partial charge in [0.25, 0.3) is 0 Å². The number of benzene rings is 2. The summed E-state index contributed by atoms with van der Waals surface area (Å²) in [6.07, 6.45) is 2.06. The number of halogens is 2. The second-order valence-corrected chi connectivity index (χ2v) is 6.57. The summed E-state index contributed by atoms with van der Waals surface area (Å²) in [5, 5.41) is 14.3. The van der Waals surface area contributed by atoms with Crippen molar-refractivity contribution in [2.75, 3.05) is 0 Å². The number of phenols is 1. The molecule has 0 amide bonds. The number of phenolic OH excluding ortho intramolecular Hbond substituents is 1. The third kappa shape index (κ3) is 2.73. The van der Waals surface area contributed by atoms with Gasteiger partial charge in [-0.2, -0.15) is 5.10 Å². The van der Waals surface area contributed by atoms with Gasteiger partial charge in [-0.25, -0.2) is 13.5 Å². The van der Waals surface area contributed by atoms with Crippen molar-refractivity contribution >= 4 is 11.9 Å². The van der Waals surface area contributed by atoms with E-state index >= 15 is 0 Å². The molecule has 4 rings (SSSR count). The van der Waals surface area contributed by atoms with Crippen molar-refractivity contribution in [1.29, 1.82) is 0 Å². The standard InChI is InChI=1S/C21H16F2N2O2/c1-11-16(8-13-9-17-15(21(13)27)4-3-5-20(17)26)12(2)25(24-11)19-7-6-14(22)10-18(19)23/h3-8,10,26H,9H2,1-2H3/b13-8+. The monoisotopic (exact) mass is 366 g/mol. The van der Waals surface area contributed by atoms with Crippen LogP contribution in [0.3, 0.4) is 0 Å². The van der Waals surface area contributed by atoms with E-state index in [0.29, 0.717) is 40.1 Å². The molecule has 3 aromatic rings. The lowest BCUT2D eigenvalue weighted by molar-refractivity contribution is 0.104. The summed E-state index contributed by atoms with van der Waals surface area (Å²) in [4.78, 5) is 12.6. The van der Waals surface area contributed by atoms with Crippen LogP contribution in [0.1, 0.15) is 32.9 Å². The molecule has 0 radical (unpaired) electrons. The van der Waals surface area contributed by atoms with Gasteiger partial charge in [0.15, 0.2) is 11.6 Å². The Morgan fingerprint density at radius 3 is 2.67 bits per heavy atom. The molecule has 1 heterocycles. The van der Waals surface area contributed by atoms with Crippen molar-refractivity contribution in [3.05, 3.63) is 81.7 Å². The molecule has 2 aromatic carbocycles. The number of hydrogen-bond acceptors (Lipinski definition) is 3. The van der Waals surface area contributed by atoms with Gasteiger partial charge in [0.05, 0.1) is 5.69 Å². The first-order chi connectivity index (χ1) is 12.9. The molecule has 1 aliphatic rings. The molecule has 0 aliphatic heterocycles. The molecule has 0 bridgehead atoms. The third-order valence-corrected chi connectivity index (χ3v) is 4.86. The average molecular weight is 366 g/mol. The Bertz CT molecular complexity index is 1130. The van der Waals surface area contributed by atoms with Gasteiger partial charge in [-0.15, -0.1) is 0 Å². The number of aromatic hydroxyl groups is 1. The second-order valence-electron chi connectivity index (χ2n) is 6.57. The fourth-order valence-corrected chi connectivity index (χ4v) is 3.46. The maximum Gasteiger partial charge on any atom is 0.189 e. The zero-order chi connectivity index (χ0) is 19.3. The third-order valence-electron chi connectivity index (χ3n) is 4.86. The van der Waals surface area contributed by atoms with Gasteiger partial charge in [-0.05, 0) is 38.1 Å². The van der Waals surface area contributed by atoms with Crippen molar-refractivity contribution < 1.29 is 18.7 Å². The van der Waals surface area contributed by atoms with Crippen molar-refractivity contribution in [2.45, 2.75) is 20.3 Å². The summed E-state index contributed by atoms with van der Waals surface area (Å²) >= 11 is 0. The van der Waals surface area contributed by atoms with E-state index < -0.39 is 11.6 Å². The molecule has 6 heteroatoms. The number of fused-ring (bicyclic) bond motifs is 1. The minimum absolute atomic E-state index is 0.0989. The fourth-order valence-electron chi connectivity index (χ4n) is 3.46. The number of allylic oxidation sites excluding steroid dienone is 1. The first-order valence-electron chi connectivity index (χ1n) is 8.44. The molecule has 0 saturated carbocycles. The number of carbonyl (C=O) groups excluding carboxylic acids is 1. The molecule has 27 heavy (non-hydrogen) atoms. The maximum absolute atomic E-state index is 14.1. The van der Waals surface area contributed by atoms with Crippen LogP contribution in [0.2, 0.25) is 0 Å². The molecule has 4 nitrogen and oxygen atoms in total. The molecule has 0 fully saturated rings. The number of hydrogen-bond donors (Lipinski definition) is 1. The molecular weight excluding hydrogens is 350 g/mol. The molecule has 1 aromatic heterocycles. The Kier molecular flexibility index (Phi) is 3.91. The van der Waals surface area contributed by atoms with Crippen LogP contribution in [-0.2, 0) is 6.42 Å². The number of rotatable bonds is 2. The van der Waals surface area contributed by atoms with E-state index in [4.69, 9.17) is 0 Å². The van der Waals surface area contributed by atoms with Crippen LogP contribution in [-0.4, -0.2) is 20.7 Å². The number of ketones is 1. The van der Waals surface area contributed by atoms with Gasteiger partial charge < -0.3 is 5.11 Å². The highest BCUT2D eigenvalue weighted by atomic mass is 19.1. The van der Waals surface area contributed by atoms with Crippen molar-refractivity contribution in [3.8, 4) is 11.4 Å². The van der Waals surface area contributed by atoms with E-state index in [2.05, 4.69) is 5.10 Å².